The highest BCUT2D eigenvalue weighted by Gasteiger charge is 2.67. The van der Waals surface area contributed by atoms with E-state index in [1.165, 1.54) is 13.2 Å². The van der Waals surface area contributed by atoms with Gasteiger partial charge in [0.1, 0.15) is 17.4 Å². The third kappa shape index (κ3) is 4.54. The average Bonchev–Trinajstić information content (AvgIpc) is 2.94. The Labute approximate surface area is 254 Å². The number of aliphatic hydroxyl groups is 3. The van der Waals surface area contributed by atoms with Crippen LogP contribution in [0.3, 0.4) is 0 Å². The average molecular weight is 611 g/mol. The Morgan fingerprint density at radius 2 is 1.82 bits per heavy atom. The van der Waals surface area contributed by atoms with Crippen molar-refractivity contribution in [3.05, 3.63) is 46.5 Å². The van der Waals surface area contributed by atoms with E-state index in [2.05, 4.69) is 5.32 Å². The zero-order valence-corrected chi connectivity index (χ0v) is 25.2. The minimum atomic E-state index is -2.72. The number of methoxy groups -OCH3 is 1. The molecule has 3 aliphatic carbocycles. The van der Waals surface area contributed by atoms with Crippen molar-refractivity contribution in [2.75, 3.05) is 45.5 Å². The monoisotopic (exact) mass is 610 g/mol. The summed E-state index contributed by atoms with van der Waals surface area (Å²) in [7, 11) is 8.24. The lowest BCUT2D eigenvalue weighted by Crippen LogP contribution is -2.73. The first-order valence-corrected chi connectivity index (χ1v) is 14.2. The number of aromatic hydroxyl groups is 2. The number of nitrogens with one attached hydrogen (secondary N) is 1. The normalized spacial score (nSPS) is 27.9. The van der Waals surface area contributed by atoms with Gasteiger partial charge in [0.05, 0.1) is 24.5 Å². The molecule has 0 spiro atoms. The Morgan fingerprint density at radius 1 is 1.14 bits per heavy atom. The SMILES string of the molecule is COc1ccc(CNc2cc(N(C)C)c3c(c2O)C(O)=C2C(=O)[C@]4(O)C(=O)C(C(N)=O)C(O)[C@@H](N(C)C)[C@@H]4C[C@@H]2C3)cc1O. The first kappa shape index (κ1) is 31.1. The lowest BCUT2D eigenvalue weighted by molar-refractivity contribution is -0.184. The molecular formula is C31H38N4O9. The number of rotatable bonds is 7. The number of carbonyl (C=O) groups is 3. The summed E-state index contributed by atoms with van der Waals surface area (Å²) in [6.07, 6.45) is -1.33. The smallest absolute Gasteiger partial charge is 0.230 e. The van der Waals surface area contributed by atoms with Crippen LogP contribution in [0.1, 0.15) is 23.1 Å². The Bertz CT molecular complexity index is 1590. The summed E-state index contributed by atoms with van der Waals surface area (Å²) in [5.74, 6) is -7.70. The second-order valence-corrected chi connectivity index (χ2v) is 12.2. The van der Waals surface area contributed by atoms with E-state index in [0.717, 1.165) is 0 Å². The number of anilines is 2. The number of hydrogen-bond acceptors (Lipinski definition) is 12. The standard InChI is InChI=1S/C31H38N4O9/c1-34(2)18-11-17(33-12-13-6-7-20(44-5)19(36)8-13)25(37)22-15(18)9-14-10-16-24(35(3)4)27(39)23(30(32)42)29(41)31(16,43)28(40)21(14)26(22)38/h6-8,11,14,16,23-24,27,33,36-39,43H,9-10,12H2,1-5H3,(H2,32,42)/t14-,16-,23?,24-,27?,31-/m0/s1. The number of hydrogen-bond donors (Lipinski definition) is 7. The number of amides is 1. The van der Waals surface area contributed by atoms with Gasteiger partial charge in [-0.3, -0.25) is 14.4 Å². The van der Waals surface area contributed by atoms with E-state index in [1.807, 2.05) is 0 Å². The van der Waals surface area contributed by atoms with Crippen LogP contribution in [0.4, 0.5) is 11.4 Å². The number of phenolic OH excluding ortho intramolecular Hbond substituents is 2. The largest absolute Gasteiger partial charge is 0.507 e. The first-order valence-electron chi connectivity index (χ1n) is 14.2. The lowest BCUT2D eigenvalue weighted by atomic mass is 9.54. The van der Waals surface area contributed by atoms with Crippen LogP contribution in [0.15, 0.2) is 29.8 Å². The van der Waals surface area contributed by atoms with E-state index < -0.39 is 58.7 Å². The molecule has 0 bridgehead atoms. The molecule has 44 heavy (non-hydrogen) atoms. The quantitative estimate of drug-likeness (QED) is 0.169. The molecule has 8 N–H and O–H groups in total. The number of Topliss-reactive ketones (excluding diaryl/α,β-unsaturated/α-hetero) is 2. The second-order valence-electron chi connectivity index (χ2n) is 12.2. The molecule has 0 aliphatic heterocycles. The van der Waals surface area contributed by atoms with Crippen molar-refractivity contribution in [2.45, 2.75) is 37.1 Å². The summed E-state index contributed by atoms with van der Waals surface area (Å²) < 4.78 is 5.08. The van der Waals surface area contributed by atoms with Crippen molar-refractivity contribution < 1.29 is 44.7 Å². The van der Waals surface area contributed by atoms with Crippen molar-refractivity contribution in [3.63, 3.8) is 0 Å². The van der Waals surface area contributed by atoms with E-state index in [-0.39, 0.29) is 47.7 Å². The number of nitrogens with two attached hydrogens (primary N) is 1. The van der Waals surface area contributed by atoms with Crippen molar-refractivity contribution >= 4 is 34.6 Å². The van der Waals surface area contributed by atoms with Crippen molar-refractivity contribution in [1.29, 1.82) is 0 Å². The second kappa shape index (κ2) is 11.0. The zero-order chi connectivity index (χ0) is 32.4. The molecule has 236 valence electrons. The highest BCUT2D eigenvalue weighted by Crippen LogP contribution is 2.54. The Hall–Kier alpha value is -4.33. The topological polar surface area (TPSA) is 206 Å². The molecule has 3 aliphatic rings. The number of nitrogens with zero attached hydrogens (tertiary/aromatic N) is 2. The van der Waals surface area contributed by atoms with Crippen LogP contribution in [-0.2, 0) is 27.3 Å². The Kier molecular flexibility index (Phi) is 7.77. The van der Waals surface area contributed by atoms with E-state index in [0.29, 0.717) is 22.6 Å². The first-order chi connectivity index (χ1) is 20.6. The molecule has 2 aromatic carbocycles. The predicted molar refractivity (Wildman–Crippen MR) is 160 cm³/mol. The minimum absolute atomic E-state index is 0.0168. The number of ether oxygens (including phenoxy) is 1. The molecule has 5 rings (SSSR count). The molecule has 13 heteroatoms. The molecule has 0 heterocycles. The fourth-order valence-electron chi connectivity index (χ4n) is 7.23. The van der Waals surface area contributed by atoms with E-state index in [1.54, 1.807) is 56.2 Å². The zero-order valence-electron chi connectivity index (χ0n) is 25.2. The van der Waals surface area contributed by atoms with Crippen LogP contribution in [0.5, 0.6) is 17.2 Å². The molecule has 2 saturated carbocycles. The lowest BCUT2D eigenvalue weighted by Gasteiger charge is -2.53. The molecule has 1 amide bonds. The summed E-state index contributed by atoms with van der Waals surface area (Å²) in [6.45, 7) is 0.175. The summed E-state index contributed by atoms with van der Waals surface area (Å²) in [6, 6.07) is 5.59. The van der Waals surface area contributed by atoms with Gasteiger partial charge in [0.2, 0.25) is 11.7 Å². The van der Waals surface area contributed by atoms with Crippen molar-refractivity contribution in [1.82, 2.24) is 4.90 Å². The molecule has 13 nitrogen and oxygen atoms in total. The third-order valence-corrected chi connectivity index (χ3v) is 9.27. The van der Waals surface area contributed by atoms with E-state index in [4.69, 9.17) is 10.5 Å². The van der Waals surface area contributed by atoms with Gasteiger partial charge in [0.15, 0.2) is 22.9 Å². The molecule has 2 aromatic rings. The summed E-state index contributed by atoms with van der Waals surface area (Å²) in [5, 5.41) is 59.2. The van der Waals surface area contributed by atoms with Gasteiger partial charge in [-0.25, -0.2) is 0 Å². The summed E-state index contributed by atoms with van der Waals surface area (Å²) in [5.41, 5.74) is 4.59. The number of aliphatic hydroxyl groups excluding tert-OH is 2. The van der Waals surface area contributed by atoms with Gasteiger partial charge in [0, 0.05) is 43.9 Å². The number of primary amides is 1. The summed E-state index contributed by atoms with van der Waals surface area (Å²) >= 11 is 0. The molecule has 0 radical (unpaired) electrons. The maximum Gasteiger partial charge on any atom is 0.230 e. The fraction of sp³-hybridized carbons (Fsp3) is 0.452. The van der Waals surface area contributed by atoms with Crippen LogP contribution in [0.2, 0.25) is 0 Å². The van der Waals surface area contributed by atoms with E-state index in [9.17, 15) is 39.9 Å². The van der Waals surface area contributed by atoms with Gasteiger partial charge < -0.3 is 51.1 Å². The van der Waals surface area contributed by atoms with Crippen LogP contribution >= 0.6 is 0 Å². The number of benzene rings is 2. The van der Waals surface area contributed by atoms with Gasteiger partial charge in [-0.1, -0.05) is 6.07 Å². The minimum Gasteiger partial charge on any atom is -0.507 e. The van der Waals surface area contributed by atoms with Gasteiger partial charge >= 0.3 is 0 Å². The van der Waals surface area contributed by atoms with Crippen LogP contribution in [0.25, 0.3) is 5.76 Å². The molecular weight excluding hydrogens is 572 g/mol. The van der Waals surface area contributed by atoms with Crippen molar-refractivity contribution in [3.8, 4) is 17.2 Å². The van der Waals surface area contributed by atoms with Gasteiger partial charge in [-0.2, -0.15) is 0 Å². The third-order valence-electron chi connectivity index (χ3n) is 9.27. The highest BCUT2D eigenvalue weighted by atomic mass is 16.5. The number of phenols is 2. The number of carbonyl (C=O) groups excluding carboxylic acids is 3. The van der Waals surface area contributed by atoms with Crippen LogP contribution in [0, 0.1) is 17.8 Å². The highest BCUT2D eigenvalue weighted by molar-refractivity contribution is 6.25. The Morgan fingerprint density at radius 3 is 2.39 bits per heavy atom. The molecule has 6 atom stereocenters. The van der Waals surface area contributed by atoms with Gasteiger partial charge in [0.25, 0.3) is 0 Å². The fourth-order valence-corrected chi connectivity index (χ4v) is 7.23. The van der Waals surface area contributed by atoms with Crippen LogP contribution in [-0.4, -0.2) is 101 Å². The molecule has 2 fully saturated rings. The van der Waals surface area contributed by atoms with Crippen LogP contribution < -0.4 is 20.7 Å². The maximum atomic E-state index is 14.1. The molecule has 0 saturated heterocycles. The van der Waals surface area contributed by atoms with Gasteiger partial charge in [-0.05, 0) is 62.2 Å². The van der Waals surface area contributed by atoms with E-state index >= 15 is 0 Å². The summed E-state index contributed by atoms with van der Waals surface area (Å²) in [4.78, 5) is 43.3. The number of fused-ring (bicyclic) bond motifs is 3. The van der Waals surface area contributed by atoms with Crippen molar-refractivity contribution in [2.24, 2.45) is 23.5 Å². The van der Waals surface area contributed by atoms with Gasteiger partial charge in [-0.15, -0.1) is 0 Å². The molecule has 2 unspecified atom stereocenters. The predicted octanol–water partition coefficient (Wildman–Crippen LogP) is 0.521. The number of likely N-dealkylation sites (N-methyl/N-ethyl adjacent to an activating group) is 1. The Balaban J connectivity index is 1.61. The number of ketones is 2. The maximum absolute atomic E-state index is 14.1. The molecule has 0 aromatic heterocycles.